The third-order valence-corrected chi connectivity index (χ3v) is 3.64. The lowest BCUT2D eigenvalue weighted by Crippen LogP contribution is -2.35. The lowest BCUT2D eigenvalue weighted by molar-refractivity contribution is -0.129. The molecular formula is C17H27N3O2. The van der Waals surface area contributed by atoms with E-state index in [9.17, 15) is 9.59 Å². The second-order valence-electron chi connectivity index (χ2n) is 5.40. The Morgan fingerprint density at radius 3 is 2.09 bits per heavy atom. The van der Waals surface area contributed by atoms with Gasteiger partial charge in [-0.25, -0.2) is 0 Å². The maximum Gasteiger partial charge on any atom is 0.241 e. The molecule has 0 aliphatic carbocycles. The summed E-state index contributed by atoms with van der Waals surface area (Å²) in [5.74, 6) is 0.234. The van der Waals surface area contributed by atoms with E-state index in [4.69, 9.17) is 0 Å². The Bertz CT molecular complexity index is 479. The highest BCUT2D eigenvalue weighted by Crippen LogP contribution is 2.11. The number of amides is 2. The number of benzene rings is 1. The fourth-order valence-corrected chi connectivity index (χ4v) is 2.13. The Balaban J connectivity index is 2.45. The molecule has 0 aliphatic heterocycles. The number of likely N-dealkylation sites (N-methyl/N-ethyl adjacent to an activating group) is 1. The van der Waals surface area contributed by atoms with Crippen LogP contribution in [-0.4, -0.2) is 55.3 Å². The van der Waals surface area contributed by atoms with Crippen LogP contribution in [0.15, 0.2) is 24.3 Å². The third-order valence-electron chi connectivity index (χ3n) is 3.64. The maximum atomic E-state index is 11.9. The molecule has 0 saturated carbocycles. The molecule has 0 heterocycles. The quantitative estimate of drug-likeness (QED) is 0.799. The number of aryl methyl sites for hydroxylation is 1. The average molecular weight is 305 g/mol. The van der Waals surface area contributed by atoms with Gasteiger partial charge in [0.1, 0.15) is 0 Å². The van der Waals surface area contributed by atoms with E-state index in [1.165, 1.54) is 0 Å². The summed E-state index contributed by atoms with van der Waals surface area (Å²) in [6.45, 7) is 5.72. The normalized spacial score (nSPS) is 10.2. The SMILES string of the molecule is CCN(CC)C(=O)CNc1ccc(CCC(=O)N(C)C)cc1. The zero-order chi connectivity index (χ0) is 16.5. The standard InChI is InChI=1S/C17H27N3O2/c1-5-20(6-2)17(22)13-18-15-10-7-14(8-11-15)9-12-16(21)19(3)4/h7-8,10-11,18H,5-6,9,12-13H2,1-4H3. The zero-order valence-electron chi connectivity index (χ0n) is 14.1. The van der Waals surface area contributed by atoms with Crippen LogP contribution in [-0.2, 0) is 16.0 Å². The lowest BCUT2D eigenvalue weighted by atomic mass is 10.1. The van der Waals surface area contributed by atoms with Crippen molar-refractivity contribution in [3.8, 4) is 0 Å². The number of rotatable bonds is 8. The first-order chi connectivity index (χ1) is 10.5. The van der Waals surface area contributed by atoms with E-state index in [2.05, 4.69) is 5.32 Å². The van der Waals surface area contributed by atoms with E-state index in [1.54, 1.807) is 23.9 Å². The molecule has 1 aromatic rings. The molecule has 1 rings (SSSR count). The summed E-state index contributed by atoms with van der Waals surface area (Å²) in [6, 6.07) is 7.89. The first kappa shape index (κ1) is 18.0. The van der Waals surface area contributed by atoms with Crippen LogP contribution in [0.1, 0.15) is 25.8 Å². The highest BCUT2D eigenvalue weighted by atomic mass is 16.2. The van der Waals surface area contributed by atoms with Gasteiger partial charge in [-0.05, 0) is 38.0 Å². The average Bonchev–Trinajstić information content (AvgIpc) is 2.52. The molecule has 2 amide bonds. The van der Waals surface area contributed by atoms with Gasteiger partial charge in [-0.1, -0.05) is 12.1 Å². The Hall–Kier alpha value is -2.04. The summed E-state index contributed by atoms with van der Waals surface area (Å²) < 4.78 is 0. The molecule has 1 N–H and O–H groups in total. The molecule has 0 atom stereocenters. The predicted molar refractivity (Wildman–Crippen MR) is 89.9 cm³/mol. The van der Waals surface area contributed by atoms with Gasteiger partial charge in [0.25, 0.3) is 0 Å². The van der Waals surface area contributed by atoms with Crippen molar-refractivity contribution in [2.45, 2.75) is 26.7 Å². The van der Waals surface area contributed by atoms with Crippen LogP contribution in [0.4, 0.5) is 5.69 Å². The highest BCUT2D eigenvalue weighted by Gasteiger charge is 2.09. The molecule has 0 fully saturated rings. The first-order valence-corrected chi connectivity index (χ1v) is 7.78. The predicted octanol–water partition coefficient (Wildman–Crippen LogP) is 1.99. The lowest BCUT2D eigenvalue weighted by Gasteiger charge is -2.19. The molecule has 1 aromatic carbocycles. The monoisotopic (exact) mass is 305 g/mol. The fraction of sp³-hybridized carbons (Fsp3) is 0.529. The molecule has 0 aromatic heterocycles. The van der Waals surface area contributed by atoms with Crippen molar-refractivity contribution in [3.05, 3.63) is 29.8 Å². The molecule has 0 aliphatic rings. The summed E-state index contributed by atoms with van der Waals surface area (Å²) in [7, 11) is 3.53. The second kappa shape index (κ2) is 9.07. The number of carbonyl (C=O) groups excluding carboxylic acids is 2. The number of nitrogens with zero attached hydrogens (tertiary/aromatic N) is 2. The Morgan fingerprint density at radius 2 is 1.59 bits per heavy atom. The molecule has 0 unspecified atom stereocenters. The Kier molecular flexibility index (Phi) is 7.43. The van der Waals surface area contributed by atoms with Gasteiger partial charge in [0.05, 0.1) is 6.54 Å². The number of hydrogen-bond acceptors (Lipinski definition) is 3. The summed E-state index contributed by atoms with van der Waals surface area (Å²) in [5, 5.41) is 3.14. The van der Waals surface area contributed by atoms with E-state index in [0.717, 1.165) is 30.8 Å². The zero-order valence-corrected chi connectivity index (χ0v) is 14.1. The molecule has 122 valence electrons. The van der Waals surface area contributed by atoms with Crippen LogP contribution < -0.4 is 5.32 Å². The van der Waals surface area contributed by atoms with E-state index in [0.29, 0.717) is 13.0 Å². The molecule has 0 radical (unpaired) electrons. The van der Waals surface area contributed by atoms with Gasteiger partial charge in [0.15, 0.2) is 0 Å². The highest BCUT2D eigenvalue weighted by molar-refractivity contribution is 5.80. The van der Waals surface area contributed by atoms with Crippen molar-refractivity contribution in [2.24, 2.45) is 0 Å². The topological polar surface area (TPSA) is 52.7 Å². The molecule has 0 spiro atoms. The van der Waals surface area contributed by atoms with Crippen LogP contribution in [0, 0.1) is 0 Å². The molecule has 5 nitrogen and oxygen atoms in total. The molecule has 0 saturated heterocycles. The molecule has 0 bridgehead atoms. The Morgan fingerprint density at radius 1 is 1.00 bits per heavy atom. The number of carbonyl (C=O) groups is 2. The van der Waals surface area contributed by atoms with Crippen molar-refractivity contribution in [3.63, 3.8) is 0 Å². The van der Waals surface area contributed by atoms with E-state index in [-0.39, 0.29) is 11.8 Å². The minimum Gasteiger partial charge on any atom is -0.376 e. The van der Waals surface area contributed by atoms with Crippen molar-refractivity contribution >= 4 is 17.5 Å². The van der Waals surface area contributed by atoms with Gasteiger partial charge in [-0.15, -0.1) is 0 Å². The van der Waals surface area contributed by atoms with Gasteiger partial charge in [-0.3, -0.25) is 9.59 Å². The van der Waals surface area contributed by atoms with Gasteiger partial charge in [0.2, 0.25) is 11.8 Å². The number of nitrogens with one attached hydrogen (secondary N) is 1. The second-order valence-corrected chi connectivity index (χ2v) is 5.40. The van der Waals surface area contributed by atoms with E-state index >= 15 is 0 Å². The molecular weight excluding hydrogens is 278 g/mol. The van der Waals surface area contributed by atoms with Crippen LogP contribution in [0.2, 0.25) is 0 Å². The first-order valence-electron chi connectivity index (χ1n) is 7.78. The Labute approximate surface area is 133 Å². The number of hydrogen-bond donors (Lipinski definition) is 1. The smallest absolute Gasteiger partial charge is 0.241 e. The van der Waals surface area contributed by atoms with Crippen molar-refractivity contribution in [1.29, 1.82) is 0 Å². The molecule has 22 heavy (non-hydrogen) atoms. The summed E-state index contributed by atoms with van der Waals surface area (Å²) in [6.07, 6.45) is 1.25. The minimum absolute atomic E-state index is 0.102. The van der Waals surface area contributed by atoms with Gasteiger partial charge in [0, 0.05) is 39.3 Å². The van der Waals surface area contributed by atoms with Crippen LogP contribution in [0.25, 0.3) is 0 Å². The van der Waals surface area contributed by atoms with Crippen LogP contribution >= 0.6 is 0 Å². The van der Waals surface area contributed by atoms with Crippen molar-refractivity contribution in [1.82, 2.24) is 9.80 Å². The summed E-state index contributed by atoms with van der Waals surface area (Å²) in [4.78, 5) is 26.9. The third kappa shape index (κ3) is 5.76. The van der Waals surface area contributed by atoms with E-state index < -0.39 is 0 Å². The fourth-order valence-electron chi connectivity index (χ4n) is 2.13. The number of anilines is 1. The van der Waals surface area contributed by atoms with Gasteiger partial charge >= 0.3 is 0 Å². The largest absolute Gasteiger partial charge is 0.376 e. The van der Waals surface area contributed by atoms with Crippen molar-refractivity contribution in [2.75, 3.05) is 39.0 Å². The summed E-state index contributed by atoms with van der Waals surface area (Å²) >= 11 is 0. The molecule has 5 heteroatoms. The van der Waals surface area contributed by atoms with Crippen molar-refractivity contribution < 1.29 is 9.59 Å². The van der Waals surface area contributed by atoms with Gasteiger partial charge < -0.3 is 15.1 Å². The van der Waals surface area contributed by atoms with E-state index in [1.807, 2.05) is 38.1 Å². The maximum absolute atomic E-state index is 11.9. The van der Waals surface area contributed by atoms with Crippen LogP contribution in [0.5, 0.6) is 0 Å². The van der Waals surface area contributed by atoms with Crippen LogP contribution in [0.3, 0.4) is 0 Å². The minimum atomic E-state index is 0.102. The summed E-state index contributed by atoms with van der Waals surface area (Å²) in [5.41, 5.74) is 2.04. The van der Waals surface area contributed by atoms with Gasteiger partial charge in [-0.2, -0.15) is 0 Å².